The van der Waals surface area contributed by atoms with Crippen molar-refractivity contribution in [3.8, 4) is 0 Å². The van der Waals surface area contributed by atoms with Crippen molar-refractivity contribution in [2.75, 3.05) is 6.26 Å². The van der Waals surface area contributed by atoms with Crippen LogP contribution in [0.15, 0.2) is 53.5 Å². The van der Waals surface area contributed by atoms with Crippen LogP contribution >= 0.6 is 35.1 Å². The molecule has 2 aromatic rings. The summed E-state index contributed by atoms with van der Waals surface area (Å²) in [7, 11) is 0. The smallest absolute Gasteiger partial charge is 0.131 e. The Labute approximate surface area is 126 Å². The Balaban J connectivity index is 2.12. The second-order valence-corrected chi connectivity index (χ2v) is 6.78. The second kappa shape index (κ2) is 5.61. The lowest BCUT2D eigenvalue weighted by Gasteiger charge is -2.24. The van der Waals surface area contributed by atoms with E-state index in [2.05, 4.69) is 35.5 Å². The second-order valence-electron chi connectivity index (χ2n) is 4.19. The number of halogens is 1. The van der Waals surface area contributed by atoms with E-state index in [9.17, 15) is 0 Å². The maximum absolute atomic E-state index is 6.14. The number of aliphatic imine (C=N–C) groups is 1. The van der Waals surface area contributed by atoms with Crippen LogP contribution in [0.1, 0.15) is 16.4 Å². The first kappa shape index (κ1) is 13.1. The number of thioether (sulfide) groups is 2. The van der Waals surface area contributed by atoms with Crippen LogP contribution in [-0.4, -0.2) is 10.6 Å². The molecule has 19 heavy (non-hydrogen) atoms. The highest BCUT2D eigenvalue weighted by Gasteiger charge is 2.24. The van der Waals surface area contributed by atoms with Crippen molar-refractivity contribution in [2.45, 2.75) is 5.25 Å². The minimum absolute atomic E-state index is 0.273. The van der Waals surface area contributed by atoms with E-state index in [-0.39, 0.29) is 5.25 Å². The first-order chi connectivity index (χ1) is 9.28. The lowest BCUT2D eigenvalue weighted by molar-refractivity contribution is 1.15. The first-order valence-corrected chi connectivity index (χ1v) is 8.40. The number of fused-ring (bicyclic) bond motifs is 1. The van der Waals surface area contributed by atoms with Gasteiger partial charge >= 0.3 is 0 Å². The Bertz CT molecular complexity index is 625. The van der Waals surface area contributed by atoms with Crippen LogP contribution in [0.4, 0.5) is 5.69 Å². The maximum atomic E-state index is 6.14. The van der Waals surface area contributed by atoms with Gasteiger partial charge < -0.3 is 0 Å². The first-order valence-electron chi connectivity index (χ1n) is 5.91. The summed E-state index contributed by atoms with van der Waals surface area (Å²) in [5, 5.41) is 1.04. The largest absolute Gasteiger partial charge is 0.235 e. The molecule has 0 bridgehead atoms. The summed E-state index contributed by atoms with van der Waals surface area (Å²) in [4.78, 5) is 4.66. The summed E-state index contributed by atoms with van der Waals surface area (Å²) in [6.45, 7) is 0. The zero-order valence-electron chi connectivity index (χ0n) is 10.3. The molecule has 1 unspecified atom stereocenters. The lowest BCUT2D eigenvalue weighted by Crippen LogP contribution is -2.04. The zero-order valence-corrected chi connectivity index (χ0v) is 12.7. The average molecular weight is 306 g/mol. The van der Waals surface area contributed by atoms with Crippen LogP contribution in [-0.2, 0) is 0 Å². The summed E-state index contributed by atoms with van der Waals surface area (Å²) in [5.41, 5.74) is 3.51. The van der Waals surface area contributed by atoms with Gasteiger partial charge in [0.15, 0.2) is 0 Å². The van der Waals surface area contributed by atoms with E-state index < -0.39 is 0 Å². The summed E-state index contributed by atoms with van der Waals surface area (Å²) < 4.78 is 1.10. The van der Waals surface area contributed by atoms with E-state index in [1.807, 2.05) is 24.3 Å². The molecule has 4 heteroatoms. The predicted octanol–water partition coefficient (Wildman–Crippen LogP) is 5.53. The highest BCUT2D eigenvalue weighted by atomic mass is 35.5. The van der Waals surface area contributed by atoms with Crippen molar-refractivity contribution in [2.24, 2.45) is 4.99 Å². The minimum atomic E-state index is 0.273. The molecular formula is C15H12ClNS2. The van der Waals surface area contributed by atoms with E-state index in [1.165, 1.54) is 11.1 Å². The molecule has 96 valence electrons. The Morgan fingerprint density at radius 1 is 1.16 bits per heavy atom. The molecule has 3 rings (SSSR count). The molecule has 1 atom stereocenters. The molecule has 1 aliphatic heterocycles. The Morgan fingerprint density at radius 3 is 2.68 bits per heavy atom. The third-order valence-corrected chi connectivity index (χ3v) is 5.50. The third-order valence-electron chi connectivity index (χ3n) is 2.98. The molecule has 0 spiro atoms. The molecule has 2 aromatic carbocycles. The van der Waals surface area contributed by atoms with Gasteiger partial charge in [0.1, 0.15) is 4.38 Å². The molecular weight excluding hydrogens is 294 g/mol. The zero-order chi connectivity index (χ0) is 13.2. The van der Waals surface area contributed by atoms with Crippen molar-refractivity contribution in [1.29, 1.82) is 0 Å². The quantitative estimate of drug-likeness (QED) is 0.687. The molecule has 0 radical (unpaired) electrons. The molecule has 0 N–H and O–H groups in total. The van der Waals surface area contributed by atoms with Crippen molar-refractivity contribution in [3.05, 3.63) is 64.7 Å². The van der Waals surface area contributed by atoms with Gasteiger partial charge in [-0.15, -0.1) is 11.8 Å². The summed E-state index contributed by atoms with van der Waals surface area (Å²) in [6.07, 6.45) is 2.06. The molecule has 0 aromatic heterocycles. The summed E-state index contributed by atoms with van der Waals surface area (Å²) >= 11 is 9.62. The number of hydrogen-bond acceptors (Lipinski definition) is 3. The van der Waals surface area contributed by atoms with Gasteiger partial charge in [0, 0.05) is 5.02 Å². The number of nitrogens with zero attached hydrogens (tertiary/aromatic N) is 1. The van der Waals surface area contributed by atoms with Gasteiger partial charge in [0.2, 0.25) is 0 Å². The Kier molecular flexibility index (Phi) is 3.87. The van der Waals surface area contributed by atoms with Gasteiger partial charge in [0.05, 0.1) is 10.9 Å². The molecule has 0 amide bonds. The number of hydrogen-bond donors (Lipinski definition) is 0. The molecule has 0 saturated heterocycles. The molecule has 0 fully saturated rings. The third kappa shape index (κ3) is 2.69. The van der Waals surface area contributed by atoms with E-state index >= 15 is 0 Å². The summed E-state index contributed by atoms with van der Waals surface area (Å²) in [6, 6.07) is 16.4. The van der Waals surface area contributed by atoms with Crippen molar-refractivity contribution >= 4 is 45.2 Å². The van der Waals surface area contributed by atoms with Crippen LogP contribution < -0.4 is 0 Å². The molecule has 1 aliphatic rings. The Morgan fingerprint density at radius 2 is 1.95 bits per heavy atom. The number of benzene rings is 2. The molecule has 0 saturated carbocycles. The molecule has 1 nitrogen and oxygen atoms in total. The van der Waals surface area contributed by atoms with Gasteiger partial charge in [0.25, 0.3) is 0 Å². The van der Waals surface area contributed by atoms with Crippen molar-refractivity contribution in [3.63, 3.8) is 0 Å². The van der Waals surface area contributed by atoms with Crippen LogP contribution in [0.2, 0.25) is 5.02 Å². The van der Waals surface area contributed by atoms with E-state index in [4.69, 9.17) is 11.6 Å². The lowest BCUT2D eigenvalue weighted by atomic mass is 10.0. The van der Waals surface area contributed by atoms with Crippen molar-refractivity contribution in [1.82, 2.24) is 0 Å². The van der Waals surface area contributed by atoms with E-state index in [0.29, 0.717) is 0 Å². The van der Waals surface area contributed by atoms with Crippen molar-refractivity contribution < 1.29 is 0 Å². The monoisotopic (exact) mass is 305 g/mol. The van der Waals surface area contributed by atoms with Crippen LogP contribution in [0.5, 0.6) is 0 Å². The number of rotatable bonds is 1. The van der Waals surface area contributed by atoms with Gasteiger partial charge in [-0.3, -0.25) is 0 Å². The molecule has 0 aliphatic carbocycles. The van der Waals surface area contributed by atoms with E-state index in [0.717, 1.165) is 15.1 Å². The van der Waals surface area contributed by atoms with Crippen LogP contribution in [0.3, 0.4) is 0 Å². The highest BCUT2D eigenvalue weighted by Crippen LogP contribution is 2.47. The predicted molar refractivity (Wildman–Crippen MR) is 87.9 cm³/mol. The standard InChI is InChI=1S/C15H12ClNS2/c1-18-15-17-13-8-7-11(16)9-12(13)14(19-15)10-5-3-2-4-6-10/h2-9,14H,1H3. The SMILES string of the molecule is CSC1=Nc2ccc(Cl)cc2C(c2ccccc2)S1. The highest BCUT2D eigenvalue weighted by molar-refractivity contribution is 8.38. The van der Waals surface area contributed by atoms with Gasteiger partial charge in [-0.25, -0.2) is 4.99 Å². The summed E-state index contributed by atoms with van der Waals surface area (Å²) in [5.74, 6) is 0. The fourth-order valence-electron chi connectivity index (χ4n) is 2.10. The minimum Gasteiger partial charge on any atom is -0.235 e. The van der Waals surface area contributed by atoms with Gasteiger partial charge in [-0.05, 0) is 35.6 Å². The molecule has 1 heterocycles. The average Bonchev–Trinajstić information content (AvgIpc) is 2.47. The van der Waals surface area contributed by atoms with E-state index in [1.54, 1.807) is 23.5 Å². The normalized spacial score (nSPS) is 17.8. The Hall–Kier alpha value is -0.900. The van der Waals surface area contributed by atoms with Gasteiger partial charge in [-0.2, -0.15) is 0 Å². The maximum Gasteiger partial charge on any atom is 0.131 e. The van der Waals surface area contributed by atoms with Gasteiger partial charge in [-0.1, -0.05) is 53.7 Å². The topological polar surface area (TPSA) is 12.4 Å². The van der Waals surface area contributed by atoms with Crippen LogP contribution in [0.25, 0.3) is 0 Å². The fourth-order valence-corrected chi connectivity index (χ4v) is 4.10. The fraction of sp³-hybridized carbons (Fsp3) is 0.133. The van der Waals surface area contributed by atoms with Crippen LogP contribution in [0, 0.1) is 0 Å².